The van der Waals surface area contributed by atoms with E-state index in [4.69, 9.17) is 5.73 Å². The molecule has 0 spiro atoms. The summed E-state index contributed by atoms with van der Waals surface area (Å²) in [5.41, 5.74) is 8.53. The SMILES string of the molecule is CCCc1ccc(N)cc1NC(=O)c1c[nH]c2ccccc2c1=O. The van der Waals surface area contributed by atoms with Gasteiger partial charge >= 0.3 is 0 Å². The summed E-state index contributed by atoms with van der Waals surface area (Å²) < 4.78 is 0. The van der Waals surface area contributed by atoms with Gasteiger partial charge in [-0.15, -0.1) is 0 Å². The molecular weight excluding hydrogens is 302 g/mol. The van der Waals surface area contributed by atoms with E-state index >= 15 is 0 Å². The van der Waals surface area contributed by atoms with Crippen molar-refractivity contribution in [3.63, 3.8) is 0 Å². The summed E-state index contributed by atoms with van der Waals surface area (Å²) in [6.45, 7) is 2.07. The van der Waals surface area contributed by atoms with Crippen LogP contribution in [-0.2, 0) is 6.42 Å². The lowest BCUT2D eigenvalue weighted by Gasteiger charge is -2.11. The lowest BCUT2D eigenvalue weighted by molar-refractivity contribution is 0.102. The van der Waals surface area contributed by atoms with Crippen LogP contribution in [0.4, 0.5) is 11.4 Å². The number of pyridine rings is 1. The number of benzene rings is 2. The van der Waals surface area contributed by atoms with Gasteiger partial charge in [0.15, 0.2) is 0 Å². The highest BCUT2D eigenvalue weighted by Gasteiger charge is 2.14. The van der Waals surface area contributed by atoms with Gasteiger partial charge in [-0.3, -0.25) is 9.59 Å². The van der Waals surface area contributed by atoms with E-state index in [2.05, 4.69) is 17.2 Å². The van der Waals surface area contributed by atoms with Crippen molar-refractivity contribution in [3.8, 4) is 0 Å². The zero-order chi connectivity index (χ0) is 17.1. The molecule has 0 fully saturated rings. The number of para-hydroxylation sites is 1. The standard InChI is InChI=1S/C19H19N3O2/c1-2-5-12-8-9-13(20)10-17(12)22-19(24)15-11-21-16-7-4-3-6-14(16)18(15)23/h3-4,6-11H,2,5,20H2,1H3,(H,21,23)(H,22,24). The monoisotopic (exact) mass is 321 g/mol. The first-order valence-corrected chi connectivity index (χ1v) is 7.90. The van der Waals surface area contributed by atoms with E-state index in [1.165, 1.54) is 6.20 Å². The Morgan fingerprint density at radius 1 is 1.21 bits per heavy atom. The summed E-state index contributed by atoms with van der Waals surface area (Å²) in [6.07, 6.45) is 3.22. The van der Waals surface area contributed by atoms with E-state index in [0.29, 0.717) is 22.3 Å². The molecule has 0 atom stereocenters. The minimum absolute atomic E-state index is 0.0820. The number of nitrogens with one attached hydrogen (secondary N) is 2. The second-order valence-electron chi connectivity index (χ2n) is 5.70. The fourth-order valence-corrected chi connectivity index (χ4v) is 2.72. The van der Waals surface area contributed by atoms with Crippen molar-refractivity contribution in [1.82, 2.24) is 4.98 Å². The van der Waals surface area contributed by atoms with Gasteiger partial charge in [-0.1, -0.05) is 31.5 Å². The highest BCUT2D eigenvalue weighted by Crippen LogP contribution is 2.21. The molecule has 3 rings (SSSR count). The van der Waals surface area contributed by atoms with E-state index in [1.807, 2.05) is 18.2 Å². The van der Waals surface area contributed by atoms with Crippen LogP contribution in [0.15, 0.2) is 53.5 Å². The first-order chi connectivity index (χ1) is 11.6. The zero-order valence-electron chi connectivity index (χ0n) is 13.4. The summed E-state index contributed by atoms with van der Waals surface area (Å²) in [5.74, 6) is -0.440. The summed E-state index contributed by atoms with van der Waals surface area (Å²) in [4.78, 5) is 28.1. The lowest BCUT2D eigenvalue weighted by atomic mass is 10.1. The average Bonchev–Trinajstić information content (AvgIpc) is 2.58. The Balaban J connectivity index is 1.98. The summed E-state index contributed by atoms with van der Waals surface area (Å²) >= 11 is 0. The molecule has 0 saturated carbocycles. The van der Waals surface area contributed by atoms with Crippen LogP contribution >= 0.6 is 0 Å². The molecule has 0 aliphatic carbocycles. The third-order valence-electron chi connectivity index (χ3n) is 3.93. The van der Waals surface area contributed by atoms with Gasteiger partial charge in [0.1, 0.15) is 5.56 Å². The van der Waals surface area contributed by atoms with Gasteiger partial charge in [-0.05, 0) is 36.2 Å². The number of hydrogen-bond acceptors (Lipinski definition) is 3. The number of rotatable bonds is 4. The minimum atomic E-state index is -0.440. The highest BCUT2D eigenvalue weighted by molar-refractivity contribution is 6.06. The van der Waals surface area contributed by atoms with Crippen LogP contribution in [0.3, 0.4) is 0 Å². The van der Waals surface area contributed by atoms with Gasteiger partial charge in [0, 0.05) is 28.5 Å². The number of aromatic amines is 1. The summed E-state index contributed by atoms with van der Waals surface area (Å²) in [7, 11) is 0. The molecule has 0 bridgehead atoms. The fourth-order valence-electron chi connectivity index (χ4n) is 2.72. The predicted octanol–water partition coefficient (Wildman–Crippen LogP) is 3.32. The number of amides is 1. The Bertz CT molecular complexity index is 960. The first-order valence-electron chi connectivity index (χ1n) is 7.90. The van der Waals surface area contributed by atoms with Crippen LogP contribution in [0.5, 0.6) is 0 Å². The molecule has 122 valence electrons. The molecule has 0 aliphatic heterocycles. The van der Waals surface area contributed by atoms with Crippen molar-refractivity contribution in [2.75, 3.05) is 11.1 Å². The van der Waals surface area contributed by atoms with Gasteiger partial charge in [0.2, 0.25) is 5.43 Å². The highest BCUT2D eigenvalue weighted by atomic mass is 16.2. The Kier molecular flexibility index (Phi) is 4.33. The topological polar surface area (TPSA) is 88.0 Å². The maximum absolute atomic E-state index is 12.6. The number of fused-ring (bicyclic) bond motifs is 1. The van der Waals surface area contributed by atoms with E-state index in [0.717, 1.165) is 18.4 Å². The Morgan fingerprint density at radius 3 is 2.79 bits per heavy atom. The molecular formula is C19H19N3O2. The van der Waals surface area contributed by atoms with Crippen molar-refractivity contribution < 1.29 is 4.79 Å². The van der Waals surface area contributed by atoms with Gasteiger partial charge in [-0.2, -0.15) is 0 Å². The molecule has 0 saturated heterocycles. The van der Waals surface area contributed by atoms with Crippen molar-refractivity contribution in [1.29, 1.82) is 0 Å². The third kappa shape index (κ3) is 3.01. The van der Waals surface area contributed by atoms with Gasteiger partial charge in [0.25, 0.3) is 5.91 Å². The smallest absolute Gasteiger partial charge is 0.261 e. The third-order valence-corrected chi connectivity index (χ3v) is 3.93. The van der Waals surface area contributed by atoms with Crippen molar-refractivity contribution in [2.24, 2.45) is 0 Å². The molecule has 0 unspecified atom stereocenters. The Hall–Kier alpha value is -3.08. The Morgan fingerprint density at radius 2 is 2.00 bits per heavy atom. The number of aromatic nitrogens is 1. The molecule has 0 radical (unpaired) electrons. The van der Waals surface area contributed by atoms with Crippen molar-refractivity contribution >= 4 is 28.2 Å². The maximum atomic E-state index is 12.6. The molecule has 4 N–H and O–H groups in total. The molecule has 5 nitrogen and oxygen atoms in total. The van der Waals surface area contributed by atoms with E-state index in [9.17, 15) is 9.59 Å². The number of anilines is 2. The number of nitrogens with two attached hydrogens (primary N) is 1. The number of carbonyl (C=O) groups excluding carboxylic acids is 1. The second-order valence-corrected chi connectivity index (χ2v) is 5.70. The van der Waals surface area contributed by atoms with Crippen molar-refractivity contribution in [3.05, 3.63) is 70.0 Å². The van der Waals surface area contributed by atoms with Crippen LogP contribution in [-0.4, -0.2) is 10.9 Å². The number of H-pyrrole nitrogens is 1. The largest absolute Gasteiger partial charge is 0.399 e. The average molecular weight is 321 g/mol. The number of hydrogen-bond donors (Lipinski definition) is 3. The molecule has 1 aromatic heterocycles. The van der Waals surface area contributed by atoms with Gasteiger partial charge < -0.3 is 16.0 Å². The van der Waals surface area contributed by atoms with Crippen LogP contribution < -0.4 is 16.5 Å². The lowest BCUT2D eigenvalue weighted by Crippen LogP contribution is -2.22. The van der Waals surface area contributed by atoms with Crippen LogP contribution in [0.25, 0.3) is 10.9 Å². The Labute approximate surface area is 139 Å². The van der Waals surface area contributed by atoms with E-state index in [1.54, 1.807) is 24.3 Å². The molecule has 3 aromatic rings. The van der Waals surface area contributed by atoms with E-state index in [-0.39, 0.29) is 11.0 Å². The molecule has 24 heavy (non-hydrogen) atoms. The first kappa shape index (κ1) is 15.8. The summed E-state index contributed by atoms with van der Waals surface area (Å²) in [5, 5.41) is 3.31. The molecule has 0 aliphatic rings. The fraction of sp³-hybridized carbons (Fsp3) is 0.158. The van der Waals surface area contributed by atoms with E-state index < -0.39 is 5.91 Å². The molecule has 1 heterocycles. The normalized spacial score (nSPS) is 10.7. The number of aryl methyl sites for hydroxylation is 1. The summed E-state index contributed by atoms with van der Waals surface area (Å²) in [6, 6.07) is 12.5. The zero-order valence-corrected chi connectivity index (χ0v) is 13.4. The second kappa shape index (κ2) is 6.58. The number of nitrogen functional groups attached to an aromatic ring is 1. The molecule has 2 aromatic carbocycles. The molecule has 1 amide bonds. The van der Waals surface area contributed by atoms with Gasteiger partial charge in [0.05, 0.1) is 0 Å². The maximum Gasteiger partial charge on any atom is 0.261 e. The van der Waals surface area contributed by atoms with Crippen molar-refractivity contribution in [2.45, 2.75) is 19.8 Å². The number of carbonyl (C=O) groups is 1. The minimum Gasteiger partial charge on any atom is -0.399 e. The predicted molar refractivity (Wildman–Crippen MR) is 97.4 cm³/mol. The van der Waals surface area contributed by atoms with Gasteiger partial charge in [-0.25, -0.2) is 0 Å². The molecule has 5 heteroatoms. The van der Waals surface area contributed by atoms with Crippen LogP contribution in [0.2, 0.25) is 0 Å². The van der Waals surface area contributed by atoms with Crippen LogP contribution in [0, 0.1) is 0 Å². The van der Waals surface area contributed by atoms with Crippen LogP contribution in [0.1, 0.15) is 29.3 Å². The quantitative estimate of drug-likeness (QED) is 0.644.